The number of hydrogen-bond donors (Lipinski definition) is 0. The molecule has 1 aliphatic carbocycles. The Morgan fingerprint density at radius 3 is 1.85 bits per heavy atom. The summed E-state index contributed by atoms with van der Waals surface area (Å²) < 4.78 is 13.2. The second kappa shape index (κ2) is 12.2. The Kier molecular flexibility index (Phi) is 6.68. The minimum absolute atomic E-state index is 0.0528. The van der Waals surface area contributed by atoms with E-state index in [2.05, 4.69) is 200 Å². The van der Waals surface area contributed by atoms with Crippen molar-refractivity contribution in [3.8, 4) is 22.3 Å². The maximum Gasteiger partial charge on any atom is 0.252 e. The largest absolute Gasteiger partial charge is 0.456 e. The van der Waals surface area contributed by atoms with Crippen LogP contribution >= 0.6 is 0 Å². The molecular formula is C57H37BN2O2. The quantitative estimate of drug-likeness (QED) is 0.167. The molecule has 0 unspecified atom stereocenters. The van der Waals surface area contributed by atoms with E-state index in [-0.39, 0.29) is 12.1 Å². The van der Waals surface area contributed by atoms with Crippen LogP contribution in [-0.2, 0) is 5.41 Å². The van der Waals surface area contributed by atoms with Gasteiger partial charge in [-0.1, -0.05) is 129 Å². The Bertz CT molecular complexity index is 3710. The molecule has 0 fully saturated rings. The van der Waals surface area contributed by atoms with Crippen LogP contribution < -0.4 is 26.2 Å². The lowest BCUT2D eigenvalue weighted by atomic mass is 9.33. The molecule has 0 radical (unpaired) electrons. The van der Waals surface area contributed by atoms with Crippen molar-refractivity contribution >= 4 is 101 Å². The van der Waals surface area contributed by atoms with Crippen molar-refractivity contribution in [2.24, 2.45) is 0 Å². The lowest BCUT2D eigenvalue weighted by Gasteiger charge is -2.43. The van der Waals surface area contributed by atoms with Crippen molar-refractivity contribution in [1.29, 1.82) is 0 Å². The third-order valence-electron chi connectivity index (χ3n) is 14.1. The van der Waals surface area contributed by atoms with Crippen molar-refractivity contribution in [3.63, 3.8) is 0 Å². The Morgan fingerprint density at radius 2 is 1.02 bits per heavy atom. The molecule has 0 saturated heterocycles. The monoisotopic (exact) mass is 792 g/mol. The first-order chi connectivity index (χ1) is 30.5. The second-order valence-electron chi connectivity index (χ2n) is 17.6. The number of anilines is 6. The molecule has 0 amide bonds. The molecule has 14 rings (SSSR count). The van der Waals surface area contributed by atoms with E-state index in [4.69, 9.17) is 8.83 Å². The normalized spacial score (nSPS) is 14.3. The van der Waals surface area contributed by atoms with Gasteiger partial charge in [0.1, 0.15) is 16.7 Å². The summed E-state index contributed by atoms with van der Waals surface area (Å²) in [4.78, 5) is 4.91. The molecule has 4 nitrogen and oxygen atoms in total. The maximum absolute atomic E-state index is 7.06. The average Bonchev–Trinajstić information content (AvgIpc) is 3.95. The number of fused-ring (bicyclic) bond motifs is 13. The lowest BCUT2D eigenvalue weighted by Crippen LogP contribution is -2.61. The molecule has 290 valence electrons. The van der Waals surface area contributed by atoms with Crippen LogP contribution in [0, 0.1) is 0 Å². The third-order valence-corrected chi connectivity index (χ3v) is 14.1. The van der Waals surface area contributed by atoms with Crippen LogP contribution in [0.15, 0.2) is 197 Å². The van der Waals surface area contributed by atoms with Crippen molar-refractivity contribution in [2.45, 2.75) is 19.3 Å². The first kappa shape index (κ1) is 34.0. The van der Waals surface area contributed by atoms with Crippen LogP contribution in [0.2, 0.25) is 0 Å². The zero-order valence-electron chi connectivity index (χ0n) is 34.2. The average molecular weight is 793 g/mol. The first-order valence-electron chi connectivity index (χ1n) is 21.5. The van der Waals surface area contributed by atoms with E-state index in [0.717, 1.165) is 72.1 Å². The van der Waals surface area contributed by atoms with E-state index in [9.17, 15) is 0 Å². The van der Waals surface area contributed by atoms with Crippen LogP contribution in [0.25, 0.3) is 66.1 Å². The van der Waals surface area contributed by atoms with Crippen LogP contribution in [0.1, 0.15) is 25.0 Å². The SMILES string of the molecule is CC1(C)c2ccccc2-c2cc3c(cc21)oc1c(N2c4ccccc4B4c5ccccc5N(c5ccc(-c6ccc7oc8ccccc8c7c6)cc5)c5cccc2c54)cccc13. The fourth-order valence-electron chi connectivity index (χ4n) is 11.2. The van der Waals surface area contributed by atoms with E-state index in [1.54, 1.807) is 0 Å². The summed E-state index contributed by atoms with van der Waals surface area (Å²) in [5.41, 5.74) is 21.9. The summed E-state index contributed by atoms with van der Waals surface area (Å²) in [6.07, 6.45) is 0. The molecule has 62 heavy (non-hydrogen) atoms. The Balaban J connectivity index is 0.936. The van der Waals surface area contributed by atoms with Gasteiger partial charge in [-0.25, -0.2) is 0 Å². The Morgan fingerprint density at radius 1 is 0.403 bits per heavy atom. The molecule has 0 spiro atoms. The topological polar surface area (TPSA) is 32.8 Å². The van der Waals surface area contributed by atoms with Gasteiger partial charge in [-0.2, -0.15) is 0 Å². The number of para-hydroxylation sites is 4. The van der Waals surface area contributed by atoms with Crippen LogP contribution in [0.5, 0.6) is 0 Å². The fourth-order valence-corrected chi connectivity index (χ4v) is 11.2. The summed E-state index contributed by atoms with van der Waals surface area (Å²) in [5, 5.41) is 4.54. The van der Waals surface area contributed by atoms with Crippen molar-refractivity contribution in [2.75, 3.05) is 9.80 Å². The van der Waals surface area contributed by atoms with Gasteiger partial charge >= 0.3 is 0 Å². The molecule has 4 heterocycles. The van der Waals surface area contributed by atoms with Crippen LogP contribution in [0.3, 0.4) is 0 Å². The molecule has 0 bridgehead atoms. The number of nitrogens with zero attached hydrogens (tertiary/aromatic N) is 2. The van der Waals surface area contributed by atoms with Crippen molar-refractivity contribution in [3.05, 3.63) is 199 Å². The van der Waals surface area contributed by atoms with Crippen molar-refractivity contribution < 1.29 is 8.83 Å². The van der Waals surface area contributed by atoms with Gasteiger partial charge in [-0.3, -0.25) is 0 Å². The molecule has 0 saturated carbocycles. The summed E-state index contributed by atoms with van der Waals surface area (Å²) >= 11 is 0. The molecule has 9 aromatic carbocycles. The zero-order valence-corrected chi connectivity index (χ0v) is 34.2. The van der Waals surface area contributed by atoms with Gasteiger partial charge in [0.2, 0.25) is 0 Å². The predicted molar refractivity (Wildman–Crippen MR) is 258 cm³/mol. The van der Waals surface area contributed by atoms with E-state index >= 15 is 0 Å². The minimum Gasteiger partial charge on any atom is -0.456 e. The molecule has 2 aromatic heterocycles. The minimum atomic E-state index is -0.113. The van der Waals surface area contributed by atoms with Gasteiger partial charge in [0.05, 0.1) is 5.69 Å². The highest BCUT2D eigenvalue weighted by atomic mass is 16.3. The Labute approximate surface area is 359 Å². The summed E-state index contributed by atoms with van der Waals surface area (Å²) in [6, 6.07) is 68.7. The highest BCUT2D eigenvalue weighted by Gasteiger charge is 2.43. The van der Waals surface area contributed by atoms with Crippen LogP contribution in [-0.4, -0.2) is 6.71 Å². The fraction of sp³-hybridized carbons (Fsp3) is 0.0526. The molecule has 11 aromatic rings. The number of hydrogen-bond acceptors (Lipinski definition) is 4. The smallest absolute Gasteiger partial charge is 0.252 e. The predicted octanol–water partition coefficient (Wildman–Crippen LogP) is 13.5. The van der Waals surface area contributed by atoms with Crippen LogP contribution in [0.4, 0.5) is 34.1 Å². The van der Waals surface area contributed by atoms with E-state index in [0.29, 0.717) is 0 Å². The van der Waals surface area contributed by atoms with Gasteiger partial charge in [0.25, 0.3) is 6.71 Å². The first-order valence-corrected chi connectivity index (χ1v) is 21.5. The summed E-state index contributed by atoms with van der Waals surface area (Å²) in [7, 11) is 0. The molecule has 0 N–H and O–H groups in total. The van der Waals surface area contributed by atoms with E-state index < -0.39 is 0 Å². The molecule has 3 aliphatic rings. The number of benzene rings is 9. The van der Waals surface area contributed by atoms with Gasteiger partial charge in [-0.15, -0.1) is 0 Å². The zero-order chi connectivity index (χ0) is 40.8. The highest BCUT2D eigenvalue weighted by Crippen LogP contribution is 2.52. The third kappa shape index (κ3) is 4.47. The molecule has 2 aliphatic heterocycles. The Hall–Kier alpha value is -7.76. The van der Waals surface area contributed by atoms with E-state index in [1.165, 1.54) is 55.7 Å². The van der Waals surface area contributed by atoms with Crippen molar-refractivity contribution in [1.82, 2.24) is 0 Å². The second-order valence-corrected chi connectivity index (χ2v) is 17.6. The number of rotatable bonds is 3. The van der Waals surface area contributed by atoms with Gasteiger partial charge < -0.3 is 18.6 Å². The van der Waals surface area contributed by atoms with Gasteiger partial charge in [-0.05, 0) is 123 Å². The molecule has 0 atom stereocenters. The molecular weight excluding hydrogens is 755 g/mol. The highest BCUT2D eigenvalue weighted by molar-refractivity contribution is 7.00. The van der Waals surface area contributed by atoms with Gasteiger partial charge in [0, 0.05) is 55.4 Å². The summed E-state index contributed by atoms with van der Waals surface area (Å²) in [5.74, 6) is 0. The van der Waals surface area contributed by atoms with E-state index in [1.807, 2.05) is 12.1 Å². The summed E-state index contributed by atoms with van der Waals surface area (Å²) in [6.45, 7) is 4.71. The molecule has 5 heteroatoms. The van der Waals surface area contributed by atoms with Gasteiger partial charge in [0.15, 0.2) is 5.58 Å². The lowest BCUT2D eigenvalue weighted by molar-refractivity contribution is 0.647. The number of furan rings is 2. The standard InChI is InChI=1S/C57H37BN2O2/c1-57(2)43-16-5-3-13-37(43)40-32-42-39-15-11-23-51(56(39)62-54(42)33-44(40)57)60-48-20-9-7-18-46(48)58-45-17-6-8-19-47(45)59(49-21-12-22-50(60)55(49)58)36-28-25-34(26-29-36)35-27-30-53-41(31-35)38-14-4-10-24-52(38)61-53/h3-33H,1-2H3. The maximum atomic E-state index is 7.06.